The molecule has 0 amide bonds. The molecule has 0 radical (unpaired) electrons. The molecule has 6 heteroatoms. The van der Waals surface area contributed by atoms with Crippen LogP contribution in [-0.2, 0) is 11.8 Å². The number of phenolic OH excluding ortho intramolecular Hbond substituents is 1. The van der Waals surface area contributed by atoms with Crippen LogP contribution in [0.3, 0.4) is 0 Å². The summed E-state index contributed by atoms with van der Waals surface area (Å²) in [6.45, 7) is 8.28. The van der Waals surface area contributed by atoms with Crippen LogP contribution in [0.1, 0.15) is 54.6 Å². The molecule has 0 spiro atoms. The van der Waals surface area contributed by atoms with Crippen LogP contribution in [0.15, 0.2) is 24.3 Å². The first-order chi connectivity index (χ1) is 16.5. The summed E-state index contributed by atoms with van der Waals surface area (Å²) in [5.74, 6) is 2.65. The monoisotopic (exact) mass is 459 g/mol. The fourth-order valence-electron chi connectivity index (χ4n) is 9.72. The molecule has 1 aromatic carbocycles. The van der Waals surface area contributed by atoms with E-state index in [9.17, 15) is 5.11 Å². The Balaban J connectivity index is 1.37. The summed E-state index contributed by atoms with van der Waals surface area (Å²) in [6, 6.07) is 9.44. The molecule has 2 aromatic rings. The SMILES string of the molecule is Cc1cc(C)nc(N2C[C@H]3C[C@@]45CC[C@@H]2[C@@H]3[C@@]42CCN(CCCN)[C@@H]5Cc3ccc(O)cc32)n1. The average molecular weight is 460 g/mol. The minimum atomic E-state index is 0.157. The predicted molar refractivity (Wildman–Crippen MR) is 133 cm³/mol. The van der Waals surface area contributed by atoms with E-state index in [1.807, 2.05) is 6.07 Å². The van der Waals surface area contributed by atoms with Gasteiger partial charge in [-0.25, -0.2) is 9.97 Å². The third kappa shape index (κ3) is 2.54. The minimum Gasteiger partial charge on any atom is -0.508 e. The number of nitrogens with zero attached hydrogens (tertiary/aromatic N) is 4. The topological polar surface area (TPSA) is 78.5 Å². The van der Waals surface area contributed by atoms with E-state index in [2.05, 4.69) is 41.8 Å². The lowest BCUT2D eigenvalue weighted by molar-refractivity contribution is -0.0908. The van der Waals surface area contributed by atoms with Gasteiger partial charge in [0.15, 0.2) is 0 Å². The van der Waals surface area contributed by atoms with E-state index in [1.54, 1.807) is 0 Å². The standard InChI is InChI=1S/C28H37N5O/c1-17-12-18(2)31-26(30-17)33-16-20-15-27-7-6-23(33)25(20)28(27)8-11-32(10-3-9-29)24(27)13-19-4-5-21(34)14-22(19)28/h4-5,12,14,20,23-25,34H,3,6-11,13,15-16,29H2,1-2H3/t20-,23-,24-,25-,27-,28+/m1/s1. The lowest BCUT2D eigenvalue weighted by atomic mass is 9.43. The van der Waals surface area contributed by atoms with Gasteiger partial charge in [0.2, 0.25) is 5.95 Å². The van der Waals surface area contributed by atoms with Crippen LogP contribution in [-0.4, -0.2) is 58.2 Å². The number of hydrogen-bond acceptors (Lipinski definition) is 6. The van der Waals surface area contributed by atoms with Gasteiger partial charge in [0, 0.05) is 35.4 Å². The first-order valence-electron chi connectivity index (χ1n) is 13.3. The van der Waals surface area contributed by atoms with Gasteiger partial charge in [-0.2, -0.15) is 0 Å². The summed E-state index contributed by atoms with van der Waals surface area (Å²) in [6.07, 6.45) is 7.20. The lowest BCUT2D eigenvalue weighted by Gasteiger charge is -2.66. The Morgan fingerprint density at radius 2 is 1.97 bits per heavy atom. The molecule has 4 bridgehead atoms. The molecule has 3 heterocycles. The van der Waals surface area contributed by atoms with Crippen molar-refractivity contribution in [2.45, 2.75) is 69.9 Å². The first-order valence-corrected chi connectivity index (χ1v) is 13.3. The molecule has 2 saturated carbocycles. The maximum Gasteiger partial charge on any atom is 0.226 e. The largest absolute Gasteiger partial charge is 0.508 e. The van der Waals surface area contributed by atoms with Crippen molar-refractivity contribution in [2.24, 2.45) is 23.0 Å². The van der Waals surface area contributed by atoms with Gasteiger partial charge in [0.25, 0.3) is 0 Å². The lowest BCUT2D eigenvalue weighted by Crippen LogP contribution is -2.69. The molecular formula is C28H37N5O. The molecular weight excluding hydrogens is 422 g/mol. The second kappa shape index (κ2) is 7.17. The third-order valence-corrected chi connectivity index (χ3v) is 10.5. The van der Waals surface area contributed by atoms with Crippen molar-refractivity contribution in [3.63, 3.8) is 0 Å². The number of likely N-dealkylation sites (tertiary alicyclic amines) is 1. The highest BCUT2D eigenvalue weighted by molar-refractivity contribution is 5.53. The fraction of sp³-hybridized carbons (Fsp3) is 0.643. The zero-order chi connectivity index (χ0) is 23.2. The van der Waals surface area contributed by atoms with Crippen molar-refractivity contribution < 1.29 is 5.11 Å². The highest BCUT2D eigenvalue weighted by atomic mass is 16.3. The normalized spacial score (nSPS) is 37.6. The van der Waals surface area contributed by atoms with Gasteiger partial charge in [0.1, 0.15) is 5.75 Å². The predicted octanol–water partition coefficient (Wildman–Crippen LogP) is 3.32. The van der Waals surface area contributed by atoms with E-state index >= 15 is 0 Å². The summed E-state index contributed by atoms with van der Waals surface area (Å²) in [7, 11) is 0. The number of nitrogens with two attached hydrogens (primary N) is 1. The molecule has 1 aromatic heterocycles. The van der Waals surface area contributed by atoms with Crippen LogP contribution in [0.4, 0.5) is 5.95 Å². The fourth-order valence-corrected chi connectivity index (χ4v) is 9.72. The summed E-state index contributed by atoms with van der Waals surface area (Å²) < 4.78 is 0. The van der Waals surface area contributed by atoms with Gasteiger partial charge in [-0.1, -0.05) is 6.07 Å². The van der Waals surface area contributed by atoms with Crippen molar-refractivity contribution in [2.75, 3.05) is 31.1 Å². The van der Waals surface area contributed by atoms with Gasteiger partial charge < -0.3 is 15.7 Å². The Hall–Kier alpha value is -2.18. The summed E-state index contributed by atoms with van der Waals surface area (Å²) in [5.41, 5.74) is 11.5. The van der Waals surface area contributed by atoms with E-state index in [0.717, 1.165) is 56.4 Å². The number of anilines is 1. The van der Waals surface area contributed by atoms with Gasteiger partial charge >= 0.3 is 0 Å². The zero-order valence-electron chi connectivity index (χ0n) is 20.5. The van der Waals surface area contributed by atoms with E-state index in [1.165, 1.54) is 36.8 Å². The number of benzene rings is 1. The number of rotatable bonds is 4. The van der Waals surface area contributed by atoms with E-state index in [0.29, 0.717) is 35.1 Å². The highest BCUT2D eigenvalue weighted by Gasteiger charge is 2.76. The summed E-state index contributed by atoms with van der Waals surface area (Å²) in [5, 5.41) is 10.6. The molecule has 6 atom stereocenters. The molecule has 34 heavy (non-hydrogen) atoms. The Morgan fingerprint density at radius 3 is 2.76 bits per heavy atom. The summed E-state index contributed by atoms with van der Waals surface area (Å²) in [4.78, 5) is 15.2. The van der Waals surface area contributed by atoms with Gasteiger partial charge in [0.05, 0.1) is 0 Å². The smallest absolute Gasteiger partial charge is 0.226 e. The zero-order valence-corrected chi connectivity index (χ0v) is 20.5. The molecule has 4 fully saturated rings. The minimum absolute atomic E-state index is 0.157. The Bertz CT molecular complexity index is 1130. The molecule has 6 nitrogen and oxygen atoms in total. The first kappa shape index (κ1) is 21.1. The van der Waals surface area contributed by atoms with Gasteiger partial charge in [-0.3, -0.25) is 4.90 Å². The van der Waals surface area contributed by atoms with Crippen molar-refractivity contribution in [1.82, 2.24) is 14.9 Å². The number of aromatic nitrogens is 2. The average Bonchev–Trinajstić information content (AvgIpc) is 3.25. The maximum atomic E-state index is 10.6. The third-order valence-electron chi connectivity index (χ3n) is 10.5. The van der Waals surface area contributed by atoms with Crippen LogP contribution in [0.2, 0.25) is 0 Å². The van der Waals surface area contributed by atoms with E-state index < -0.39 is 0 Å². The molecule has 2 aliphatic heterocycles. The van der Waals surface area contributed by atoms with Gasteiger partial charge in [-0.05, 0) is 119 Å². The number of aromatic hydroxyl groups is 1. The highest BCUT2D eigenvalue weighted by Crippen LogP contribution is 2.75. The molecule has 0 unspecified atom stereocenters. The number of phenols is 1. The molecule has 7 rings (SSSR count). The quantitative estimate of drug-likeness (QED) is 0.730. The van der Waals surface area contributed by atoms with Gasteiger partial charge in [-0.15, -0.1) is 0 Å². The number of hydrogen-bond donors (Lipinski definition) is 2. The molecule has 3 N–H and O–H groups in total. The van der Waals surface area contributed by atoms with E-state index in [-0.39, 0.29) is 5.41 Å². The Kier molecular flexibility index (Phi) is 4.46. The van der Waals surface area contributed by atoms with Crippen molar-refractivity contribution in [1.29, 1.82) is 0 Å². The second-order valence-electron chi connectivity index (χ2n) is 11.8. The number of piperidine rings is 1. The van der Waals surface area contributed by atoms with E-state index in [4.69, 9.17) is 15.7 Å². The molecule has 3 aliphatic carbocycles. The summed E-state index contributed by atoms with van der Waals surface area (Å²) >= 11 is 0. The second-order valence-corrected chi connectivity index (χ2v) is 11.8. The van der Waals surface area contributed by atoms with Crippen LogP contribution in [0, 0.1) is 31.1 Å². The number of fused-ring (bicyclic) bond motifs is 1. The Labute approximate surface area is 202 Å². The number of aryl methyl sites for hydroxylation is 2. The van der Waals surface area contributed by atoms with Crippen molar-refractivity contribution in [3.05, 3.63) is 46.8 Å². The maximum absolute atomic E-state index is 10.6. The molecule has 180 valence electrons. The molecule has 5 aliphatic rings. The van der Waals surface area contributed by atoms with Crippen LogP contribution < -0.4 is 10.6 Å². The van der Waals surface area contributed by atoms with Crippen LogP contribution in [0.25, 0.3) is 0 Å². The van der Waals surface area contributed by atoms with Crippen molar-refractivity contribution in [3.8, 4) is 5.75 Å². The molecule has 2 saturated heterocycles. The Morgan fingerprint density at radius 1 is 1.15 bits per heavy atom. The van der Waals surface area contributed by atoms with Crippen LogP contribution in [0.5, 0.6) is 5.75 Å². The van der Waals surface area contributed by atoms with Crippen LogP contribution >= 0.6 is 0 Å². The van der Waals surface area contributed by atoms with Crippen molar-refractivity contribution >= 4 is 5.95 Å².